The van der Waals surface area contributed by atoms with Crippen molar-refractivity contribution < 1.29 is 19.1 Å². The maximum atomic E-state index is 12.2. The predicted molar refractivity (Wildman–Crippen MR) is 87.7 cm³/mol. The van der Waals surface area contributed by atoms with E-state index in [1.807, 2.05) is 0 Å². The zero-order valence-electron chi connectivity index (χ0n) is 13.9. The van der Waals surface area contributed by atoms with Gasteiger partial charge in [-0.1, -0.05) is 6.42 Å². The summed E-state index contributed by atoms with van der Waals surface area (Å²) in [6.07, 6.45) is 3.56. The predicted octanol–water partition coefficient (Wildman–Crippen LogP) is 3.61. The maximum absolute atomic E-state index is 12.2. The van der Waals surface area contributed by atoms with Crippen molar-refractivity contribution in [3.63, 3.8) is 0 Å². The molecule has 1 fully saturated rings. The van der Waals surface area contributed by atoms with Crippen molar-refractivity contribution in [2.45, 2.75) is 45.7 Å². The van der Waals surface area contributed by atoms with Crippen LogP contribution in [0.4, 0.5) is 0 Å². The number of aromatic hydroxyl groups is 1. The number of aryl methyl sites for hydroxylation is 1. The monoisotopic (exact) mass is 317 g/mol. The minimum absolute atomic E-state index is 0.196. The van der Waals surface area contributed by atoms with Crippen LogP contribution in [0.15, 0.2) is 16.5 Å². The maximum Gasteiger partial charge on any atom is 0.342 e. The number of ether oxygens (including phenoxy) is 1. The van der Waals surface area contributed by atoms with E-state index < -0.39 is 5.97 Å². The number of methoxy groups -OCH3 is 1. The van der Waals surface area contributed by atoms with Crippen molar-refractivity contribution in [2.24, 2.45) is 0 Å². The molecule has 1 aromatic heterocycles. The molecular weight excluding hydrogens is 294 g/mol. The van der Waals surface area contributed by atoms with E-state index in [1.165, 1.54) is 13.5 Å². The molecule has 1 N–H and O–H groups in total. The van der Waals surface area contributed by atoms with Crippen LogP contribution in [0.1, 0.15) is 47.9 Å². The van der Waals surface area contributed by atoms with Crippen LogP contribution in [0.5, 0.6) is 5.75 Å². The summed E-state index contributed by atoms with van der Waals surface area (Å²) in [5.41, 5.74) is 1.77. The van der Waals surface area contributed by atoms with E-state index in [0.717, 1.165) is 24.9 Å². The standard InChI is InChI=1S/C18H23NO4/c1-11-6-4-5-9-19(11)10-13-14(20)7-8-15-17(13)16(12(2)23-15)18(21)22-3/h7-8,11,20H,4-6,9-10H2,1-3H3/t11-/m1/s1. The highest BCUT2D eigenvalue weighted by Gasteiger charge is 2.26. The summed E-state index contributed by atoms with van der Waals surface area (Å²) < 4.78 is 10.6. The Balaban J connectivity index is 2.11. The zero-order valence-corrected chi connectivity index (χ0v) is 13.9. The van der Waals surface area contributed by atoms with Crippen LogP contribution < -0.4 is 0 Å². The molecular formula is C18H23NO4. The molecule has 0 bridgehead atoms. The summed E-state index contributed by atoms with van der Waals surface area (Å²) in [5, 5.41) is 11.1. The van der Waals surface area contributed by atoms with E-state index in [4.69, 9.17) is 9.15 Å². The van der Waals surface area contributed by atoms with E-state index in [9.17, 15) is 9.90 Å². The Labute approximate surface area is 135 Å². The van der Waals surface area contributed by atoms with Crippen molar-refractivity contribution in [2.75, 3.05) is 13.7 Å². The number of fused-ring (bicyclic) bond motifs is 1. The first-order valence-electron chi connectivity index (χ1n) is 8.09. The Morgan fingerprint density at radius 1 is 1.43 bits per heavy atom. The highest BCUT2D eigenvalue weighted by Crippen LogP contribution is 2.35. The van der Waals surface area contributed by atoms with Crippen molar-refractivity contribution in [1.29, 1.82) is 0 Å². The van der Waals surface area contributed by atoms with Crippen molar-refractivity contribution in [3.05, 3.63) is 29.0 Å². The SMILES string of the molecule is COC(=O)c1c(C)oc2ccc(O)c(CN3CCCC[C@H]3C)c12. The second kappa shape index (κ2) is 6.24. The van der Waals surface area contributed by atoms with Gasteiger partial charge in [0.05, 0.1) is 7.11 Å². The number of piperidine rings is 1. The third-order valence-corrected chi connectivity index (χ3v) is 4.81. The summed E-state index contributed by atoms with van der Waals surface area (Å²) in [7, 11) is 1.36. The normalized spacial score (nSPS) is 19.2. The van der Waals surface area contributed by atoms with E-state index in [-0.39, 0.29) is 5.75 Å². The van der Waals surface area contributed by atoms with Crippen LogP contribution >= 0.6 is 0 Å². The second-order valence-electron chi connectivity index (χ2n) is 6.28. The Bertz CT molecular complexity index is 734. The molecule has 0 saturated carbocycles. The van der Waals surface area contributed by atoms with Gasteiger partial charge in [0.15, 0.2) is 0 Å². The lowest BCUT2D eigenvalue weighted by atomic mass is 9.99. The van der Waals surface area contributed by atoms with Crippen LogP contribution in [0.25, 0.3) is 11.0 Å². The molecule has 0 unspecified atom stereocenters. The summed E-state index contributed by atoms with van der Waals surface area (Å²) in [6.45, 7) is 5.56. The molecule has 0 amide bonds. The fourth-order valence-corrected chi connectivity index (χ4v) is 3.47. The van der Waals surface area contributed by atoms with Gasteiger partial charge in [0, 0.05) is 23.5 Å². The van der Waals surface area contributed by atoms with E-state index >= 15 is 0 Å². The molecule has 2 heterocycles. The fraction of sp³-hybridized carbons (Fsp3) is 0.500. The Hall–Kier alpha value is -2.01. The van der Waals surface area contributed by atoms with Crippen LogP contribution in [0.2, 0.25) is 0 Å². The quantitative estimate of drug-likeness (QED) is 0.876. The van der Waals surface area contributed by atoms with Gasteiger partial charge in [0.25, 0.3) is 0 Å². The van der Waals surface area contributed by atoms with Crippen LogP contribution in [0, 0.1) is 6.92 Å². The molecule has 5 nitrogen and oxygen atoms in total. The summed E-state index contributed by atoms with van der Waals surface area (Å²) in [4.78, 5) is 14.5. The van der Waals surface area contributed by atoms with Gasteiger partial charge in [-0.15, -0.1) is 0 Å². The number of benzene rings is 1. The first-order valence-corrected chi connectivity index (χ1v) is 8.09. The van der Waals surface area contributed by atoms with Gasteiger partial charge < -0.3 is 14.3 Å². The van der Waals surface area contributed by atoms with Gasteiger partial charge in [-0.2, -0.15) is 0 Å². The summed E-state index contributed by atoms with van der Waals surface area (Å²) in [6, 6.07) is 3.80. The number of carbonyl (C=O) groups excluding carboxylic acids is 1. The highest BCUT2D eigenvalue weighted by atomic mass is 16.5. The molecule has 1 aliphatic rings. The van der Waals surface area contributed by atoms with E-state index in [2.05, 4.69) is 11.8 Å². The molecule has 3 rings (SSSR count). The first-order chi connectivity index (χ1) is 11.0. The molecule has 2 aromatic rings. The number of rotatable bonds is 3. The number of nitrogens with zero attached hydrogens (tertiary/aromatic N) is 1. The van der Waals surface area contributed by atoms with Gasteiger partial charge in [0.2, 0.25) is 0 Å². The Morgan fingerprint density at radius 2 is 2.22 bits per heavy atom. The molecule has 23 heavy (non-hydrogen) atoms. The smallest absolute Gasteiger partial charge is 0.342 e. The number of phenolic OH excluding ortho intramolecular Hbond substituents is 1. The van der Waals surface area contributed by atoms with Crippen molar-refractivity contribution >= 4 is 16.9 Å². The molecule has 0 spiro atoms. The van der Waals surface area contributed by atoms with Gasteiger partial charge in [-0.05, 0) is 45.4 Å². The lowest BCUT2D eigenvalue weighted by Gasteiger charge is -2.33. The average molecular weight is 317 g/mol. The lowest BCUT2D eigenvalue weighted by Crippen LogP contribution is -2.36. The number of carbonyl (C=O) groups is 1. The van der Waals surface area contributed by atoms with Gasteiger partial charge in [-0.25, -0.2) is 4.79 Å². The van der Waals surface area contributed by atoms with Crippen LogP contribution in [0.3, 0.4) is 0 Å². The molecule has 1 atom stereocenters. The topological polar surface area (TPSA) is 62.9 Å². The lowest BCUT2D eigenvalue weighted by molar-refractivity contribution is 0.0600. The number of hydrogen-bond donors (Lipinski definition) is 1. The first kappa shape index (κ1) is 15.9. The minimum atomic E-state index is -0.431. The largest absolute Gasteiger partial charge is 0.508 e. The van der Waals surface area contributed by atoms with E-state index in [0.29, 0.717) is 34.9 Å². The molecule has 1 aromatic carbocycles. The van der Waals surface area contributed by atoms with E-state index in [1.54, 1.807) is 19.1 Å². The molecule has 5 heteroatoms. The average Bonchev–Trinajstić information content (AvgIpc) is 2.87. The van der Waals surface area contributed by atoms with Crippen LogP contribution in [-0.2, 0) is 11.3 Å². The van der Waals surface area contributed by atoms with Gasteiger partial charge in [-0.3, -0.25) is 4.90 Å². The van der Waals surface area contributed by atoms with Gasteiger partial charge >= 0.3 is 5.97 Å². The number of likely N-dealkylation sites (tertiary alicyclic amines) is 1. The molecule has 1 aliphatic heterocycles. The molecule has 0 radical (unpaired) electrons. The Kier molecular flexibility index (Phi) is 4.31. The second-order valence-corrected chi connectivity index (χ2v) is 6.28. The molecule has 124 valence electrons. The minimum Gasteiger partial charge on any atom is -0.508 e. The summed E-state index contributed by atoms with van der Waals surface area (Å²) in [5.74, 6) is 0.284. The fourth-order valence-electron chi connectivity index (χ4n) is 3.47. The number of furan rings is 1. The third kappa shape index (κ3) is 2.81. The van der Waals surface area contributed by atoms with Gasteiger partial charge in [0.1, 0.15) is 22.7 Å². The summed E-state index contributed by atoms with van der Waals surface area (Å²) >= 11 is 0. The van der Waals surface area contributed by atoms with Crippen molar-refractivity contribution in [3.8, 4) is 5.75 Å². The number of esters is 1. The van der Waals surface area contributed by atoms with Crippen molar-refractivity contribution in [1.82, 2.24) is 4.90 Å². The highest BCUT2D eigenvalue weighted by molar-refractivity contribution is 6.06. The zero-order chi connectivity index (χ0) is 16.6. The van der Waals surface area contributed by atoms with Crippen LogP contribution in [-0.4, -0.2) is 35.7 Å². The third-order valence-electron chi connectivity index (χ3n) is 4.81. The molecule has 0 aliphatic carbocycles. The number of hydrogen-bond acceptors (Lipinski definition) is 5. The molecule has 1 saturated heterocycles. The number of phenols is 1. The Morgan fingerprint density at radius 3 is 2.91 bits per heavy atom.